The molecule has 3 atom stereocenters. The largest absolute Gasteiger partial charge is 0.369 e. The van der Waals surface area contributed by atoms with Crippen molar-refractivity contribution in [3.05, 3.63) is 66.0 Å². The first kappa shape index (κ1) is 20.0. The number of ether oxygens (including phenoxy) is 1. The van der Waals surface area contributed by atoms with E-state index in [0.717, 1.165) is 11.6 Å². The normalized spacial score (nSPS) is 23.6. The average Bonchev–Trinajstić information content (AvgIpc) is 2.72. The van der Waals surface area contributed by atoms with Gasteiger partial charge in [-0.1, -0.05) is 36.4 Å². The van der Waals surface area contributed by atoms with Crippen LogP contribution in [-0.4, -0.2) is 61.9 Å². The van der Waals surface area contributed by atoms with Crippen LogP contribution in [0.1, 0.15) is 18.4 Å². The summed E-state index contributed by atoms with van der Waals surface area (Å²) >= 11 is 0. The Labute approximate surface area is 169 Å². The number of benzene rings is 2. The van der Waals surface area contributed by atoms with Gasteiger partial charge in [-0.15, -0.1) is 0 Å². The summed E-state index contributed by atoms with van der Waals surface area (Å²) in [6.45, 7) is 2.82. The minimum Gasteiger partial charge on any atom is -0.369 e. The van der Waals surface area contributed by atoms with Gasteiger partial charge < -0.3 is 9.64 Å². The van der Waals surface area contributed by atoms with Crippen molar-refractivity contribution in [2.24, 2.45) is 0 Å². The first-order valence-electron chi connectivity index (χ1n) is 9.59. The van der Waals surface area contributed by atoms with Crippen LogP contribution in [0.4, 0.5) is 4.39 Å². The summed E-state index contributed by atoms with van der Waals surface area (Å²) in [5, 5.41) is 0. The second-order valence-electron chi connectivity index (χ2n) is 7.54. The Morgan fingerprint density at radius 1 is 1.03 bits per heavy atom. The van der Waals surface area contributed by atoms with Gasteiger partial charge in [0.05, 0.1) is 23.0 Å². The van der Waals surface area contributed by atoms with Crippen LogP contribution in [0.25, 0.3) is 0 Å². The second kappa shape index (κ2) is 7.85. The maximum absolute atomic E-state index is 13.5. The van der Waals surface area contributed by atoms with Crippen LogP contribution in [-0.2, 0) is 19.6 Å². The maximum Gasteiger partial charge on any atom is 0.243 e. The Morgan fingerprint density at radius 3 is 2.31 bits per heavy atom. The van der Waals surface area contributed by atoms with Gasteiger partial charge >= 0.3 is 0 Å². The SMILES string of the molecule is C[C@@H](C(=O)N1C[C@@H]2CN(S(=O)(=O)c3cccc(F)c3)C[C@H](C1)O2)c1ccccc1. The molecule has 0 radical (unpaired) electrons. The monoisotopic (exact) mass is 418 g/mol. The molecule has 2 aromatic rings. The summed E-state index contributed by atoms with van der Waals surface area (Å²) in [4.78, 5) is 14.7. The lowest BCUT2D eigenvalue weighted by molar-refractivity contribution is -0.155. The van der Waals surface area contributed by atoms with Crippen molar-refractivity contribution in [3.63, 3.8) is 0 Å². The molecule has 8 heteroatoms. The van der Waals surface area contributed by atoms with Gasteiger partial charge in [-0.2, -0.15) is 4.31 Å². The van der Waals surface area contributed by atoms with Crippen LogP contribution in [0.2, 0.25) is 0 Å². The number of sulfonamides is 1. The maximum atomic E-state index is 13.5. The number of halogens is 1. The summed E-state index contributed by atoms with van der Waals surface area (Å²) in [5.41, 5.74) is 0.949. The Bertz CT molecular complexity index is 985. The van der Waals surface area contributed by atoms with Crippen molar-refractivity contribution in [1.29, 1.82) is 0 Å². The molecule has 0 aliphatic carbocycles. The number of carbonyl (C=O) groups is 1. The Hall–Kier alpha value is -2.29. The van der Waals surface area contributed by atoms with Gasteiger partial charge in [0.1, 0.15) is 5.82 Å². The third-order valence-corrected chi connectivity index (χ3v) is 7.29. The molecule has 2 aromatic carbocycles. The molecule has 0 N–H and O–H groups in total. The van der Waals surface area contributed by atoms with Crippen molar-refractivity contribution in [3.8, 4) is 0 Å². The Balaban J connectivity index is 1.47. The van der Waals surface area contributed by atoms with Crippen molar-refractivity contribution in [2.45, 2.75) is 29.9 Å². The van der Waals surface area contributed by atoms with Crippen molar-refractivity contribution in [2.75, 3.05) is 26.2 Å². The highest BCUT2D eigenvalue weighted by Crippen LogP contribution is 2.27. The van der Waals surface area contributed by atoms with E-state index in [0.29, 0.717) is 13.1 Å². The lowest BCUT2D eigenvalue weighted by Crippen LogP contribution is -2.61. The van der Waals surface area contributed by atoms with Gasteiger partial charge in [0, 0.05) is 26.2 Å². The number of fused-ring (bicyclic) bond motifs is 2. The van der Waals surface area contributed by atoms with E-state index >= 15 is 0 Å². The quantitative estimate of drug-likeness (QED) is 0.764. The highest BCUT2D eigenvalue weighted by molar-refractivity contribution is 7.89. The highest BCUT2D eigenvalue weighted by atomic mass is 32.2. The fraction of sp³-hybridized carbons (Fsp3) is 0.381. The van der Waals surface area contributed by atoms with Gasteiger partial charge in [-0.3, -0.25) is 4.79 Å². The standard InChI is InChI=1S/C21H23FN2O4S/c1-15(16-6-3-2-4-7-16)21(25)23-11-18-13-24(14-19(12-23)28-18)29(26,27)20-9-5-8-17(22)10-20/h2-10,15,18-19H,11-14H2,1H3/t15-,18-,19+/m1/s1. The van der Waals surface area contributed by atoms with Gasteiger partial charge in [0.2, 0.25) is 15.9 Å². The number of nitrogens with zero attached hydrogens (tertiary/aromatic N) is 2. The van der Waals surface area contributed by atoms with Gasteiger partial charge in [-0.05, 0) is 30.7 Å². The van der Waals surface area contributed by atoms with Gasteiger partial charge in [0.15, 0.2) is 0 Å². The van der Waals surface area contributed by atoms with Crippen molar-refractivity contribution < 1.29 is 22.3 Å². The summed E-state index contributed by atoms with van der Waals surface area (Å²) in [5.74, 6) is -0.857. The number of hydrogen-bond donors (Lipinski definition) is 0. The van der Waals surface area contributed by atoms with Gasteiger partial charge in [-0.25, -0.2) is 12.8 Å². The van der Waals surface area contributed by atoms with Crippen LogP contribution in [0.15, 0.2) is 59.5 Å². The Kier molecular flexibility index (Phi) is 5.42. The number of rotatable bonds is 4. The third kappa shape index (κ3) is 4.05. The van der Waals surface area contributed by atoms with Crippen molar-refractivity contribution >= 4 is 15.9 Å². The molecular formula is C21H23FN2O4S. The Morgan fingerprint density at radius 2 is 1.69 bits per heavy atom. The molecule has 2 fully saturated rings. The molecule has 2 aliphatic heterocycles. The fourth-order valence-corrected chi connectivity index (χ4v) is 5.50. The molecule has 29 heavy (non-hydrogen) atoms. The minimum absolute atomic E-state index is 0.0101. The molecule has 6 nitrogen and oxygen atoms in total. The summed E-state index contributed by atoms with van der Waals surface area (Å²) in [7, 11) is -3.81. The zero-order valence-corrected chi connectivity index (χ0v) is 16.9. The first-order chi connectivity index (χ1) is 13.8. The van der Waals surface area contributed by atoms with E-state index in [9.17, 15) is 17.6 Å². The molecule has 0 spiro atoms. The van der Waals surface area contributed by atoms with E-state index in [-0.39, 0.29) is 29.8 Å². The molecule has 1 amide bonds. The molecule has 0 saturated carbocycles. The molecule has 2 aliphatic rings. The van der Waals surface area contributed by atoms with Gasteiger partial charge in [0.25, 0.3) is 0 Å². The van der Waals surface area contributed by atoms with E-state index in [1.807, 2.05) is 37.3 Å². The molecule has 4 rings (SSSR count). The van der Waals surface area contributed by atoms with E-state index in [4.69, 9.17) is 4.74 Å². The van der Waals surface area contributed by atoms with E-state index in [2.05, 4.69) is 0 Å². The van der Waals surface area contributed by atoms with Crippen LogP contribution < -0.4 is 0 Å². The predicted octanol–water partition coefficient (Wildman–Crippen LogP) is 2.23. The minimum atomic E-state index is -3.81. The number of hydrogen-bond acceptors (Lipinski definition) is 4. The number of carbonyl (C=O) groups excluding carboxylic acids is 1. The molecule has 2 heterocycles. The van der Waals surface area contributed by atoms with Crippen LogP contribution in [0, 0.1) is 5.82 Å². The average molecular weight is 418 g/mol. The number of morpholine rings is 2. The van der Waals surface area contributed by atoms with E-state index in [1.165, 1.54) is 22.5 Å². The summed E-state index contributed by atoms with van der Waals surface area (Å²) < 4.78 is 46.5. The van der Waals surface area contributed by atoms with Crippen LogP contribution >= 0.6 is 0 Å². The zero-order chi connectivity index (χ0) is 20.6. The summed E-state index contributed by atoms with van der Waals surface area (Å²) in [6.07, 6.45) is -0.810. The molecule has 0 aromatic heterocycles. The second-order valence-corrected chi connectivity index (χ2v) is 9.47. The fourth-order valence-electron chi connectivity index (χ4n) is 3.97. The molecular weight excluding hydrogens is 395 g/mol. The molecule has 0 unspecified atom stereocenters. The van der Waals surface area contributed by atoms with Crippen LogP contribution in [0.3, 0.4) is 0 Å². The van der Waals surface area contributed by atoms with Crippen molar-refractivity contribution in [1.82, 2.24) is 9.21 Å². The predicted molar refractivity (Wildman–Crippen MR) is 105 cm³/mol. The topological polar surface area (TPSA) is 66.9 Å². The smallest absolute Gasteiger partial charge is 0.243 e. The first-order valence-corrected chi connectivity index (χ1v) is 11.0. The van der Waals surface area contributed by atoms with E-state index < -0.39 is 28.0 Å². The highest BCUT2D eigenvalue weighted by Gasteiger charge is 2.41. The molecule has 2 saturated heterocycles. The lowest BCUT2D eigenvalue weighted by atomic mass is 9.98. The molecule has 2 bridgehead atoms. The molecule has 154 valence electrons. The van der Waals surface area contributed by atoms with Crippen LogP contribution in [0.5, 0.6) is 0 Å². The summed E-state index contributed by atoms with van der Waals surface area (Å²) in [6, 6.07) is 14.6. The lowest BCUT2D eigenvalue weighted by Gasteiger charge is -2.45. The zero-order valence-electron chi connectivity index (χ0n) is 16.1. The van der Waals surface area contributed by atoms with E-state index in [1.54, 1.807) is 4.90 Å². The third-order valence-electron chi connectivity index (χ3n) is 5.46. The number of amides is 1.